The molecule has 100 valence electrons. The van der Waals surface area contributed by atoms with Gasteiger partial charge in [0.25, 0.3) is 0 Å². The van der Waals surface area contributed by atoms with Crippen molar-refractivity contribution in [2.45, 2.75) is 32.9 Å². The van der Waals surface area contributed by atoms with Crippen LogP contribution >= 0.6 is 12.2 Å². The molecule has 6 heteroatoms. The standard InChI is InChI=1S/C11H23N3O2S/c1-8(2)14(7-10(12)17)9(3)11(15)13-5-6-16-4/h8-9H,5-7H2,1-4H3,(H2,12,17)(H,13,15). The first-order valence-corrected chi connectivity index (χ1v) is 6.11. The number of nitrogens with two attached hydrogens (primary N) is 1. The highest BCUT2D eigenvalue weighted by Gasteiger charge is 2.23. The van der Waals surface area contributed by atoms with Crippen molar-refractivity contribution in [2.75, 3.05) is 26.8 Å². The molecule has 0 aromatic rings. The van der Waals surface area contributed by atoms with Gasteiger partial charge in [0.05, 0.1) is 17.6 Å². The fraction of sp³-hybridized carbons (Fsp3) is 0.818. The lowest BCUT2D eigenvalue weighted by molar-refractivity contribution is -0.126. The third-order valence-corrected chi connectivity index (χ3v) is 2.61. The molecule has 0 aromatic carbocycles. The Bertz CT molecular complexity index is 259. The summed E-state index contributed by atoms with van der Waals surface area (Å²) in [6.07, 6.45) is 0. The maximum Gasteiger partial charge on any atom is 0.237 e. The summed E-state index contributed by atoms with van der Waals surface area (Å²) in [5, 5.41) is 2.80. The van der Waals surface area contributed by atoms with Crippen LogP contribution in [0, 0.1) is 0 Å². The van der Waals surface area contributed by atoms with E-state index in [-0.39, 0.29) is 18.0 Å². The van der Waals surface area contributed by atoms with Crippen LogP contribution in [0.2, 0.25) is 0 Å². The molecule has 3 N–H and O–H groups in total. The van der Waals surface area contributed by atoms with Crippen LogP contribution in [0.5, 0.6) is 0 Å². The Morgan fingerprint density at radius 2 is 2.06 bits per heavy atom. The molecule has 1 unspecified atom stereocenters. The molecule has 0 rings (SSSR count). The fourth-order valence-corrected chi connectivity index (χ4v) is 1.67. The highest BCUT2D eigenvalue weighted by atomic mass is 32.1. The van der Waals surface area contributed by atoms with Gasteiger partial charge in [-0.2, -0.15) is 0 Å². The number of hydrogen-bond donors (Lipinski definition) is 2. The predicted octanol–water partition coefficient (Wildman–Crippen LogP) is 0.134. The van der Waals surface area contributed by atoms with E-state index in [1.807, 2.05) is 25.7 Å². The molecule has 0 fully saturated rings. The average molecular weight is 261 g/mol. The van der Waals surface area contributed by atoms with Crippen LogP contribution in [-0.2, 0) is 9.53 Å². The van der Waals surface area contributed by atoms with Gasteiger partial charge in [-0.25, -0.2) is 0 Å². The molecule has 0 heterocycles. The minimum atomic E-state index is -0.256. The van der Waals surface area contributed by atoms with Crippen molar-refractivity contribution in [3.63, 3.8) is 0 Å². The van der Waals surface area contributed by atoms with Gasteiger partial charge in [-0.3, -0.25) is 9.69 Å². The van der Waals surface area contributed by atoms with E-state index in [0.717, 1.165) is 0 Å². The van der Waals surface area contributed by atoms with Gasteiger partial charge in [0.1, 0.15) is 0 Å². The Balaban J connectivity index is 4.34. The van der Waals surface area contributed by atoms with E-state index >= 15 is 0 Å². The minimum Gasteiger partial charge on any atom is -0.392 e. The normalized spacial score (nSPS) is 12.8. The maximum atomic E-state index is 11.9. The van der Waals surface area contributed by atoms with Gasteiger partial charge < -0.3 is 15.8 Å². The van der Waals surface area contributed by atoms with Gasteiger partial charge in [0.2, 0.25) is 5.91 Å². The lowest BCUT2D eigenvalue weighted by Gasteiger charge is -2.31. The van der Waals surface area contributed by atoms with Crippen molar-refractivity contribution in [2.24, 2.45) is 5.73 Å². The van der Waals surface area contributed by atoms with Crippen LogP contribution in [0.3, 0.4) is 0 Å². The third-order valence-electron chi connectivity index (χ3n) is 2.48. The van der Waals surface area contributed by atoms with Crippen LogP contribution < -0.4 is 11.1 Å². The largest absolute Gasteiger partial charge is 0.392 e. The number of hydrogen-bond acceptors (Lipinski definition) is 4. The topological polar surface area (TPSA) is 67.6 Å². The van der Waals surface area contributed by atoms with Gasteiger partial charge in [-0.15, -0.1) is 0 Å². The summed E-state index contributed by atoms with van der Waals surface area (Å²) >= 11 is 4.89. The van der Waals surface area contributed by atoms with Crippen LogP contribution in [0.4, 0.5) is 0 Å². The summed E-state index contributed by atoms with van der Waals surface area (Å²) in [5.41, 5.74) is 5.53. The number of methoxy groups -OCH3 is 1. The van der Waals surface area contributed by atoms with Gasteiger partial charge in [-0.05, 0) is 20.8 Å². The van der Waals surface area contributed by atoms with Gasteiger partial charge in [-0.1, -0.05) is 12.2 Å². The molecule has 0 spiro atoms. The van der Waals surface area contributed by atoms with E-state index in [1.54, 1.807) is 7.11 Å². The van der Waals surface area contributed by atoms with E-state index in [0.29, 0.717) is 24.7 Å². The lowest BCUT2D eigenvalue weighted by Crippen LogP contribution is -2.51. The Labute approximate surface area is 109 Å². The van der Waals surface area contributed by atoms with Gasteiger partial charge >= 0.3 is 0 Å². The van der Waals surface area contributed by atoms with Gasteiger partial charge in [0.15, 0.2) is 0 Å². The highest BCUT2D eigenvalue weighted by molar-refractivity contribution is 7.80. The van der Waals surface area contributed by atoms with Crippen LogP contribution in [-0.4, -0.2) is 54.7 Å². The van der Waals surface area contributed by atoms with E-state index < -0.39 is 0 Å². The Morgan fingerprint density at radius 3 is 2.47 bits per heavy atom. The Kier molecular flexibility index (Phi) is 8.03. The third kappa shape index (κ3) is 6.55. The second-order valence-electron chi connectivity index (χ2n) is 4.19. The first kappa shape index (κ1) is 16.3. The number of rotatable bonds is 8. The van der Waals surface area contributed by atoms with E-state index in [4.69, 9.17) is 22.7 Å². The summed E-state index contributed by atoms with van der Waals surface area (Å²) in [6.45, 7) is 7.34. The molecular weight excluding hydrogens is 238 g/mol. The number of nitrogens with one attached hydrogen (secondary N) is 1. The Morgan fingerprint density at radius 1 is 1.47 bits per heavy atom. The summed E-state index contributed by atoms with van der Waals surface area (Å²) in [5.74, 6) is -0.0352. The summed E-state index contributed by atoms with van der Waals surface area (Å²) in [4.78, 5) is 14.2. The Hall–Kier alpha value is -0.720. The first-order chi connectivity index (χ1) is 7.90. The second kappa shape index (κ2) is 8.38. The lowest BCUT2D eigenvalue weighted by atomic mass is 10.2. The van der Waals surface area contributed by atoms with Crippen molar-refractivity contribution in [3.05, 3.63) is 0 Å². The molecule has 1 atom stereocenters. The predicted molar refractivity (Wildman–Crippen MR) is 73.0 cm³/mol. The van der Waals surface area contributed by atoms with Crippen LogP contribution in [0.15, 0.2) is 0 Å². The van der Waals surface area contributed by atoms with Crippen molar-refractivity contribution in [3.8, 4) is 0 Å². The van der Waals surface area contributed by atoms with Crippen molar-refractivity contribution in [1.82, 2.24) is 10.2 Å². The molecule has 17 heavy (non-hydrogen) atoms. The average Bonchev–Trinajstić information content (AvgIpc) is 2.24. The molecule has 5 nitrogen and oxygen atoms in total. The fourth-order valence-electron chi connectivity index (χ4n) is 1.52. The zero-order valence-corrected chi connectivity index (χ0v) is 11.8. The first-order valence-electron chi connectivity index (χ1n) is 5.70. The molecule has 0 aromatic heterocycles. The molecule has 1 amide bonds. The number of carbonyl (C=O) groups is 1. The van der Waals surface area contributed by atoms with Crippen molar-refractivity contribution >= 4 is 23.1 Å². The van der Waals surface area contributed by atoms with Gasteiger partial charge in [0, 0.05) is 26.2 Å². The number of nitrogens with zero attached hydrogens (tertiary/aromatic N) is 1. The molecule has 0 aliphatic carbocycles. The molecular formula is C11H23N3O2S. The number of amides is 1. The van der Waals surface area contributed by atoms with Crippen molar-refractivity contribution in [1.29, 1.82) is 0 Å². The summed E-state index contributed by atoms with van der Waals surface area (Å²) in [6, 6.07) is -0.0481. The van der Waals surface area contributed by atoms with Crippen LogP contribution in [0.25, 0.3) is 0 Å². The SMILES string of the molecule is COCCNC(=O)C(C)N(CC(N)=S)C(C)C. The minimum absolute atomic E-state index is 0.0352. The summed E-state index contributed by atoms with van der Waals surface area (Å²) in [7, 11) is 1.60. The van der Waals surface area contributed by atoms with Crippen molar-refractivity contribution < 1.29 is 9.53 Å². The molecule has 0 bridgehead atoms. The van der Waals surface area contributed by atoms with E-state index in [2.05, 4.69) is 5.32 Å². The zero-order chi connectivity index (χ0) is 13.4. The summed E-state index contributed by atoms with van der Waals surface area (Å²) < 4.78 is 4.88. The zero-order valence-electron chi connectivity index (χ0n) is 11.0. The maximum absolute atomic E-state index is 11.9. The van der Waals surface area contributed by atoms with Crippen LogP contribution in [0.1, 0.15) is 20.8 Å². The highest BCUT2D eigenvalue weighted by Crippen LogP contribution is 2.05. The molecule has 0 saturated heterocycles. The second-order valence-corrected chi connectivity index (χ2v) is 4.72. The number of ether oxygens (including phenoxy) is 1. The smallest absolute Gasteiger partial charge is 0.237 e. The monoisotopic (exact) mass is 261 g/mol. The molecule has 0 radical (unpaired) electrons. The molecule has 0 saturated carbocycles. The van der Waals surface area contributed by atoms with E-state index in [1.165, 1.54) is 0 Å². The quantitative estimate of drug-likeness (QED) is 0.480. The molecule has 0 aliphatic heterocycles. The van der Waals surface area contributed by atoms with E-state index in [9.17, 15) is 4.79 Å². The molecule has 0 aliphatic rings. The number of thiocarbonyl (C=S) groups is 1. The number of carbonyl (C=O) groups excluding carboxylic acids is 1.